The fraction of sp³-hybridized carbons (Fsp3) is 0.591. The first-order valence-corrected chi connectivity index (χ1v) is 10.5. The maximum absolute atomic E-state index is 13.1. The fourth-order valence-electron chi connectivity index (χ4n) is 5.16. The van der Waals surface area contributed by atoms with Crippen molar-refractivity contribution in [2.75, 3.05) is 20.1 Å². The van der Waals surface area contributed by atoms with E-state index in [1.165, 1.54) is 10.5 Å². The SMILES string of the molecule is CN1C(=O)N(CC(=O)N2CCCC2Cc2ccccc2)C(=O)C12CCCCC2. The van der Waals surface area contributed by atoms with Crippen molar-refractivity contribution in [3.05, 3.63) is 35.9 Å². The van der Waals surface area contributed by atoms with Crippen LogP contribution in [0.4, 0.5) is 4.79 Å². The van der Waals surface area contributed by atoms with Gasteiger partial charge in [0.1, 0.15) is 12.1 Å². The molecule has 6 nitrogen and oxygen atoms in total. The third-order valence-electron chi connectivity index (χ3n) is 6.79. The van der Waals surface area contributed by atoms with Crippen LogP contribution in [0.2, 0.25) is 0 Å². The second-order valence-electron chi connectivity index (χ2n) is 8.40. The summed E-state index contributed by atoms with van der Waals surface area (Å²) in [4.78, 5) is 43.6. The Balaban J connectivity index is 1.45. The third-order valence-corrected chi connectivity index (χ3v) is 6.79. The van der Waals surface area contributed by atoms with Crippen LogP contribution in [0.15, 0.2) is 30.3 Å². The van der Waals surface area contributed by atoms with Gasteiger partial charge in [0.05, 0.1) is 0 Å². The van der Waals surface area contributed by atoms with Crippen molar-refractivity contribution in [3.8, 4) is 0 Å². The normalized spacial score (nSPS) is 24.5. The summed E-state index contributed by atoms with van der Waals surface area (Å²) in [5.41, 5.74) is 0.491. The Morgan fingerprint density at radius 1 is 1.07 bits per heavy atom. The van der Waals surface area contributed by atoms with Gasteiger partial charge in [-0.25, -0.2) is 4.79 Å². The lowest BCUT2D eigenvalue weighted by molar-refractivity contribution is -0.140. The summed E-state index contributed by atoms with van der Waals surface area (Å²) in [5, 5.41) is 0. The Morgan fingerprint density at radius 2 is 1.79 bits per heavy atom. The topological polar surface area (TPSA) is 60.9 Å². The van der Waals surface area contributed by atoms with Gasteiger partial charge in [-0.2, -0.15) is 0 Å². The van der Waals surface area contributed by atoms with Crippen molar-refractivity contribution in [2.24, 2.45) is 0 Å². The second-order valence-corrected chi connectivity index (χ2v) is 8.40. The minimum absolute atomic E-state index is 0.110. The minimum atomic E-state index is -0.718. The highest BCUT2D eigenvalue weighted by Gasteiger charge is 2.56. The summed E-state index contributed by atoms with van der Waals surface area (Å²) in [5.74, 6) is -0.284. The molecule has 1 spiro atoms. The molecule has 1 aromatic rings. The molecule has 1 unspecified atom stereocenters. The number of hydrogen-bond donors (Lipinski definition) is 0. The zero-order valence-electron chi connectivity index (χ0n) is 16.6. The van der Waals surface area contributed by atoms with Gasteiger partial charge in [-0.1, -0.05) is 49.6 Å². The number of urea groups is 1. The van der Waals surface area contributed by atoms with E-state index in [0.717, 1.165) is 38.5 Å². The molecule has 3 aliphatic rings. The van der Waals surface area contributed by atoms with Gasteiger partial charge in [0.15, 0.2) is 0 Å². The minimum Gasteiger partial charge on any atom is -0.338 e. The second kappa shape index (κ2) is 7.57. The highest BCUT2D eigenvalue weighted by Crippen LogP contribution is 2.39. The molecule has 1 aliphatic carbocycles. The van der Waals surface area contributed by atoms with Crippen molar-refractivity contribution < 1.29 is 14.4 Å². The first-order chi connectivity index (χ1) is 13.5. The average Bonchev–Trinajstić information content (AvgIpc) is 3.24. The molecule has 0 radical (unpaired) electrons. The van der Waals surface area contributed by atoms with Crippen molar-refractivity contribution >= 4 is 17.8 Å². The summed E-state index contributed by atoms with van der Waals surface area (Å²) >= 11 is 0. The lowest BCUT2D eigenvalue weighted by atomic mass is 9.81. The molecule has 4 rings (SSSR count). The molecular formula is C22H29N3O3. The van der Waals surface area contributed by atoms with Crippen molar-refractivity contribution in [2.45, 2.75) is 62.9 Å². The van der Waals surface area contributed by atoms with Crippen LogP contribution in [0.3, 0.4) is 0 Å². The highest BCUT2D eigenvalue weighted by atomic mass is 16.2. The van der Waals surface area contributed by atoms with Crippen LogP contribution in [0.5, 0.6) is 0 Å². The van der Waals surface area contributed by atoms with Gasteiger partial charge in [0.2, 0.25) is 5.91 Å². The Morgan fingerprint density at radius 3 is 2.50 bits per heavy atom. The van der Waals surface area contributed by atoms with Gasteiger partial charge in [-0.05, 0) is 37.7 Å². The van der Waals surface area contributed by atoms with Gasteiger partial charge in [-0.3, -0.25) is 14.5 Å². The van der Waals surface area contributed by atoms with E-state index in [-0.39, 0.29) is 30.4 Å². The van der Waals surface area contributed by atoms with Gasteiger partial charge in [0, 0.05) is 19.6 Å². The van der Waals surface area contributed by atoms with Crippen LogP contribution in [-0.4, -0.2) is 64.3 Å². The van der Waals surface area contributed by atoms with E-state index in [2.05, 4.69) is 12.1 Å². The monoisotopic (exact) mass is 383 g/mol. The lowest BCUT2D eigenvalue weighted by Gasteiger charge is -2.35. The Hall–Kier alpha value is -2.37. The Kier molecular flexibility index (Phi) is 5.13. The predicted octanol–water partition coefficient (Wildman–Crippen LogP) is 2.82. The van der Waals surface area contributed by atoms with Crippen molar-refractivity contribution in [1.29, 1.82) is 0 Å². The molecule has 1 atom stereocenters. The number of rotatable bonds is 4. The van der Waals surface area contributed by atoms with Crippen LogP contribution >= 0.6 is 0 Å². The number of carbonyl (C=O) groups is 3. The molecular weight excluding hydrogens is 354 g/mol. The lowest BCUT2D eigenvalue weighted by Crippen LogP contribution is -2.50. The van der Waals surface area contributed by atoms with E-state index in [1.807, 2.05) is 23.1 Å². The number of imide groups is 1. The summed E-state index contributed by atoms with van der Waals surface area (Å²) in [6.07, 6.45) is 7.18. The number of carbonyl (C=O) groups excluding carboxylic acids is 3. The Bertz CT molecular complexity index is 758. The molecule has 28 heavy (non-hydrogen) atoms. The maximum atomic E-state index is 13.1. The van der Waals surface area contributed by atoms with Crippen LogP contribution < -0.4 is 0 Å². The predicted molar refractivity (Wildman–Crippen MR) is 106 cm³/mol. The largest absolute Gasteiger partial charge is 0.338 e. The maximum Gasteiger partial charge on any atom is 0.327 e. The zero-order chi connectivity index (χ0) is 19.7. The van der Waals surface area contributed by atoms with E-state index in [9.17, 15) is 14.4 Å². The van der Waals surface area contributed by atoms with Crippen LogP contribution in [0.25, 0.3) is 0 Å². The first-order valence-electron chi connectivity index (χ1n) is 10.5. The molecule has 0 aromatic heterocycles. The van der Waals surface area contributed by atoms with Gasteiger partial charge in [0.25, 0.3) is 5.91 Å². The van der Waals surface area contributed by atoms with Gasteiger partial charge in [-0.15, -0.1) is 0 Å². The van der Waals surface area contributed by atoms with Gasteiger partial charge >= 0.3 is 6.03 Å². The highest BCUT2D eigenvalue weighted by molar-refractivity contribution is 6.09. The fourth-order valence-corrected chi connectivity index (χ4v) is 5.16. The third kappa shape index (κ3) is 3.19. The summed E-state index contributed by atoms with van der Waals surface area (Å²) in [6.45, 7) is 0.572. The number of likely N-dealkylation sites (tertiary alicyclic amines) is 1. The van der Waals surface area contributed by atoms with E-state index in [4.69, 9.17) is 0 Å². The van der Waals surface area contributed by atoms with Gasteiger partial charge < -0.3 is 9.80 Å². The Labute approximate surface area is 166 Å². The van der Waals surface area contributed by atoms with Crippen LogP contribution in [-0.2, 0) is 16.0 Å². The molecule has 1 aromatic carbocycles. The number of nitrogens with zero attached hydrogens (tertiary/aromatic N) is 3. The van der Waals surface area contributed by atoms with E-state index < -0.39 is 5.54 Å². The molecule has 3 fully saturated rings. The zero-order valence-corrected chi connectivity index (χ0v) is 16.6. The van der Waals surface area contributed by atoms with Crippen LogP contribution in [0.1, 0.15) is 50.5 Å². The van der Waals surface area contributed by atoms with Crippen LogP contribution in [0, 0.1) is 0 Å². The van der Waals surface area contributed by atoms with E-state index >= 15 is 0 Å². The molecule has 4 amide bonds. The number of amides is 4. The standard InChI is InChI=1S/C22H29N3O3/c1-23-21(28)25(20(27)22(23)12-6-3-7-13-22)16-19(26)24-14-8-11-18(24)15-17-9-4-2-5-10-17/h2,4-5,9-10,18H,3,6-8,11-16H2,1H3. The molecule has 0 bridgehead atoms. The molecule has 2 heterocycles. The molecule has 1 saturated carbocycles. The molecule has 150 valence electrons. The summed E-state index contributed by atoms with van der Waals surface area (Å²) < 4.78 is 0. The summed E-state index contributed by atoms with van der Waals surface area (Å²) in [7, 11) is 1.71. The quantitative estimate of drug-likeness (QED) is 0.751. The molecule has 2 saturated heterocycles. The van der Waals surface area contributed by atoms with Crippen molar-refractivity contribution in [1.82, 2.24) is 14.7 Å². The number of benzene rings is 1. The summed E-state index contributed by atoms with van der Waals surface area (Å²) in [6, 6.07) is 9.99. The van der Waals surface area contributed by atoms with E-state index in [0.29, 0.717) is 19.4 Å². The van der Waals surface area contributed by atoms with Crippen molar-refractivity contribution in [3.63, 3.8) is 0 Å². The number of likely N-dealkylation sites (N-methyl/N-ethyl adjacent to an activating group) is 1. The molecule has 0 N–H and O–H groups in total. The average molecular weight is 383 g/mol. The smallest absolute Gasteiger partial charge is 0.327 e. The molecule has 2 aliphatic heterocycles. The first kappa shape index (κ1) is 19.0. The van der Waals surface area contributed by atoms with E-state index in [1.54, 1.807) is 11.9 Å². The molecule has 6 heteroatoms. The number of hydrogen-bond acceptors (Lipinski definition) is 3.